The number of allylic oxidation sites excluding steroid dienone is 1. The predicted molar refractivity (Wildman–Crippen MR) is 155 cm³/mol. The fourth-order valence-corrected chi connectivity index (χ4v) is 8.12. The Bertz CT molecular complexity index is 1090. The molecule has 0 unspecified atom stereocenters. The second-order valence-electron chi connectivity index (χ2n) is 11.7. The van der Waals surface area contributed by atoms with Crippen LogP contribution in [0.15, 0.2) is 102 Å². The quantitative estimate of drug-likeness (QED) is 0.266. The van der Waals surface area contributed by atoms with E-state index in [-0.39, 0.29) is 5.41 Å². The van der Waals surface area contributed by atoms with Crippen molar-refractivity contribution in [3.05, 3.63) is 118 Å². The van der Waals surface area contributed by atoms with Gasteiger partial charge in [0.05, 0.1) is 40.6 Å². The summed E-state index contributed by atoms with van der Waals surface area (Å²) in [5.41, 5.74) is 4.67. The third-order valence-electron chi connectivity index (χ3n) is 7.48. The second-order valence-corrected chi connectivity index (χ2v) is 16.8. The lowest BCUT2D eigenvalue weighted by Gasteiger charge is -2.31. The summed E-state index contributed by atoms with van der Waals surface area (Å²) in [6.45, 7) is 11.9. The van der Waals surface area contributed by atoms with Gasteiger partial charge in [-0.15, -0.1) is 0 Å². The third kappa shape index (κ3) is 7.29. The molecule has 4 heteroatoms. The molecule has 0 aromatic heterocycles. The van der Waals surface area contributed by atoms with Crippen LogP contribution in [-0.2, 0) is 22.7 Å². The number of rotatable bonds is 11. The van der Waals surface area contributed by atoms with Gasteiger partial charge in [0.2, 0.25) is 0 Å². The highest BCUT2D eigenvalue weighted by molar-refractivity contribution is 6.83. The molecule has 0 radical (unpaired) electrons. The van der Waals surface area contributed by atoms with Crippen molar-refractivity contribution < 1.29 is 14.6 Å². The molecular weight excluding hydrogens is 472 g/mol. The average molecular weight is 515 g/mol. The number of ether oxygens (including phenoxy) is 2. The van der Waals surface area contributed by atoms with Gasteiger partial charge in [0.15, 0.2) is 0 Å². The summed E-state index contributed by atoms with van der Waals surface area (Å²) in [6, 6.07) is 30.9. The van der Waals surface area contributed by atoms with Gasteiger partial charge in [-0.25, -0.2) is 0 Å². The van der Waals surface area contributed by atoms with Crippen molar-refractivity contribution in [2.45, 2.75) is 58.7 Å². The summed E-state index contributed by atoms with van der Waals surface area (Å²) in [5, 5.41) is 12.9. The minimum absolute atomic E-state index is 0.111. The monoisotopic (exact) mass is 514 g/mol. The highest BCUT2D eigenvalue weighted by atomic mass is 28.3. The van der Waals surface area contributed by atoms with Gasteiger partial charge in [-0.3, -0.25) is 0 Å². The number of aliphatic hydroxyl groups is 1. The molecule has 196 valence electrons. The van der Waals surface area contributed by atoms with Crippen molar-refractivity contribution in [2.24, 2.45) is 11.3 Å². The zero-order chi connectivity index (χ0) is 26.3. The Morgan fingerprint density at radius 3 is 1.73 bits per heavy atom. The topological polar surface area (TPSA) is 38.7 Å². The minimum Gasteiger partial charge on any atom is -0.384 e. The summed E-state index contributed by atoms with van der Waals surface area (Å²) < 4.78 is 12.7. The highest BCUT2D eigenvalue weighted by Crippen LogP contribution is 2.50. The van der Waals surface area contributed by atoms with Gasteiger partial charge < -0.3 is 14.6 Å². The van der Waals surface area contributed by atoms with Crippen LogP contribution >= 0.6 is 0 Å². The Hall–Kier alpha value is -2.50. The Kier molecular flexibility index (Phi) is 9.20. The summed E-state index contributed by atoms with van der Waals surface area (Å²) >= 11 is 0. The summed E-state index contributed by atoms with van der Waals surface area (Å²) in [5.74, 6) is 0.376. The Morgan fingerprint density at radius 1 is 0.811 bits per heavy atom. The van der Waals surface area contributed by atoms with Crippen LogP contribution in [0.1, 0.15) is 42.6 Å². The van der Waals surface area contributed by atoms with Crippen LogP contribution in [0.25, 0.3) is 0 Å². The van der Waals surface area contributed by atoms with E-state index in [1.54, 1.807) is 0 Å². The Morgan fingerprint density at radius 2 is 1.27 bits per heavy atom. The molecule has 3 aromatic rings. The van der Waals surface area contributed by atoms with Crippen molar-refractivity contribution in [1.29, 1.82) is 0 Å². The lowest BCUT2D eigenvalue weighted by atomic mass is 9.87. The smallest absolute Gasteiger partial charge is 0.0968 e. The van der Waals surface area contributed by atoms with E-state index in [9.17, 15) is 5.11 Å². The lowest BCUT2D eigenvalue weighted by Crippen LogP contribution is -2.32. The molecule has 1 N–H and O–H groups in total. The molecule has 0 saturated heterocycles. The molecule has 1 fully saturated rings. The van der Waals surface area contributed by atoms with E-state index < -0.39 is 14.2 Å². The van der Waals surface area contributed by atoms with Crippen LogP contribution in [0.4, 0.5) is 0 Å². The largest absolute Gasteiger partial charge is 0.384 e. The van der Waals surface area contributed by atoms with Crippen molar-refractivity contribution >= 4 is 8.07 Å². The molecule has 37 heavy (non-hydrogen) atoms. The summed E-state index contributed by atoms with van der Waals surface area (Å²) in [4.78, 5) is 0. The van der Waals surface area contributed by atoms with Crippen LogP contribution < -0.4 is 0 Å². The lowest BCUT2D eigenvalue weighted by molar-refractivity contribution is -0.0304. The van der Waals surface area contributed by atoms with E-state index in [0.717, 1.165) is 18.4 Å². The number of hydrogen-bond donors (Lipinski definition) is 1. The minimum atomic E-state index is -1.82. The maximum absolute atomic E-state index is 11.6. The second kappa shape index (κ2) is 12.4. The summed E-state index contributed by atoms with van der Waals surface area (Å²) in [7, 11) is -1.82. The molecular formula is C33H42O3Si. The first-order valence-corrected chi connectivity index (χ1v) is 17.0. The molecule has 0 spiro atoms. The molecule has 3 aromatic carbocycles. The van der Waals surface area contributed by atoms with E-state index in [4.69, 9.17) is 9.47 Å². The van der Waals surface area contributed by atoms with Crippen molar-refractivity contribution in [3.8, 4) is 0 Å². The first-order valence-electron chi connectivity index (χ1n) is 13.5. The zero-order valence-electron chi connectivity index (χ0n) is 22.8. The van der Waals surface area contributed by atoms with E-state index in [0.29, 0.717) is 32.3 Å². The van der Waals surface area contributed by atoms with E-state index in [1.807, 2.05) is 42.5 Å². The molecule has 1 saturated carbocycles. The molecule has 0 aliphatic heterocycles. The van der Waals surface area contributed by atoms with E-state index in [1.165, 1.54) is 21.9 Å². The molecule has 1 aliphatic rings. The van der Waals surface area contributed by atoms with Crippen LogP contribution in [-0.4, -0.2) is 26.4 Å². The van der Waals surface area contributed by atoms with Gasteiger partial charge in [-0.1, -0.05) is 123 Å². The van der Waals surface area contributed by atoms with E-state index in [2.05, 4.69) is 75.1 Å². The molecule has 0 amide bonds. The maximum atomic E-state index is 11.6. The zero-order valence-corrected chi connectivity index (χ0v) is 23.8. The van der Waals surface area contributed by atoms with Crippen molar-refractivity contribution in [1.82, 2.24) is 0 Å². The molecule has 3 nitrogen and oxygen atoms in total. The van der Waals surface area contributed by atoms with E-state index >= 15 is 0 Å². The fraction of sp³-hybridized carbons (Fsp3) is 0.394. The normalized spacial score (nSPS) is 19.5. The first kappa shape index (κ1) is 27.5. The molecule has 2 atom stereocenters. The molecule has 0 bridgehead atoms. The fourth-order valence-electron chi connectivity index (χ4n) is 5.83. The number of benzene rings is 3. The molecule has 0 heterocycles. The van der Waals surface area contributed by atoms with Crippen LogP contribution in [0.5, 0.6) is 0 Å². The highest BCUT2D eigenvalue weighted by Gasteiger charge is 2.44. The van der Waals surface area contributed by atoms with Gasteiger partial charge in [-0.2, -0.15) is 0 Å². The first-order chi connectivity index (χ1) is 17.8. The van der Waals surface area contributed by atoms with Crippen LogP contribution in [0.3, 0.4) is 0 Å². The van der Waals surface area contributed by atoms with Gasteiger partial charge >= 0.3 is 0 Å². The van der Waals surface area contributed by atoms with Crippen molar-refractivity contribution in [2.75, 3.05) is 13.2 Å². The molecule has 1 aliphatic carbocycles. The van der Waals surface area contributed by atoms with Gasteiger partial charge in [0.1, 0.15) is 0 Å². The molecule has 4 rings (SSSR count). The summed E-state index contributed by atoms with van der Waals surface area (Å²) in [6.07, 6.45) is 1.35. The average Bonchev–Trinajstić information content (AvgIpc) is 3.20. The van der Waals surface area contributed by atoms with Gasteiger partial charge in [0, 0.05) is 5.41 Å². The Balaban J connectivity index is 1.59. The van der Waals surface area contributed by atoms with Gasteiger partial charge in [-0.05, 0) is 40.6 Å². The predicted octanol–water partition coefficient (Wildman–Crippen LogP) is 7.74. The SMILES string of the molecule is C[C@H]1CC(COCc2ccccc2)(COCc2ccccc2)C/C1=C(/[C@@H](O)c1ccccc1)[Si](C)(C)C. The van der Waals surface area contributed by atoms with Crippen LogP contribution in [0, 0.1) is 11.3 Å². The number of hydrogen-bond acceptors (Lipinski definition) is 3. The van der Waals surface area contributed by atoms with Crippen molar-refractivity contribution in [3.63, 3.8) is 0 Å². The Labute approximate surface area is 224 Å². The number of aliphatic hydroxyl groups excluding tert-OH is 1. The maximum Gasteiger partial charge on any atom is 0.0968 e. The standard InChI is InChI=1S/C33H42O3Si/c1-26-20-33(24-35-22-27-14-8-5-9-15-27,25-36-23-28-16-10-6-11-17-28)21-30(26)32(37(2,3)4)31(34)29-18-12-7-13-19-29/h5-19,26,31,34H,20-25H2,1-4H3/b32-30+/t26-,31-/m0/s1. The van der Waals surface area contributed by atoms with Crippen LogP contribution in [0.2, 0.25) is 19.6 Å². The third-order valence-corrected chi connectivity index (χ3v) is 9.69. The van der Waals surface area contributed by atoms with Gasteiger partial charge in [0.25, 0.3) is 0 Å².